The summed E-state index contributed by atoms with van der Waals surface area (Å²) in [5.74, 6) is -0.814. The van der Waals surface area contributed by atoms with E-state index in [1.54, 1.807) is 60.3 Å². The van der Waals surface area contributed by atoms with Crippen LogP contribution in [0.3, 0.4) is 0 Å². The van der Waals surface area contributed by atoms with E-state index in [1.807, 2.05) is 0 Å². The number of likely N-dealkylation sites (N-methyl/N-ethyl adjacent to an activating group) is 1. The predicted molar refractivity (Wildman–Crippen MR) is 103 cm³/mol. The van der Waals surface area contributed by atoms with Crippen LogP contribution < -0.4 is 4.90 Å². The van der Waals surface area contributed by atoms with Gasteiger partial charge in [-0.25, -0.2) is 4.39 Å². The van der Waals surface area contributed by atoms with Gasteiger partial charge < -0.3 is 9.80 Å². The minimum atomic E-state index is -0.605. The van der Waals surface area contributed by atoms with E-state index in [9.17, 15) is 19.2 Å². The summed E-state index contributed by atoms with van der Waals surface area (Å²) in [6, 6.07) is 14.2. The molecular weight excluding hydrogens is 359 g/mol. The van der Waals surface area contributed by atoms with Crippen LogP contribution in [0.4, 0.5) is 10.1 Å². The molecule has 7 heteroatoms. The number of hydrogen-bond acceptors (Lipinski definition) is 4. The van der Waals surface area contributed by atoms with Gasteiger partial charge in [0.2, 0.25) is 11.8 Å². The van der Waals surface area contributed by atoms with Crippen LogP contribution in [0, 0.1) is 17.1 Å². The molecule has 1 atom stereocenters. The van der Waals surface area contributed by atoms with Gasteiger partial charge in [-0.2, -0.15) is 5.26 Å². The monoisotopic (exact) mass is 380 g/mol. The number of halogens is 1. The smallest absolute Gasteiger partial charge is 0.246 e. The molecule has 2 aromatic carbocycles. The van der Waals surface area contributed by atoms with E-state index >= 15 is 0 Å². The van der Waals surface area contributed by atoms with Crippen molar-refractivity contribution in [1.82, 2.24) is 9.80 Å². The Bertz CT molecular complexity index is 921. The summed E-state index contributed by atoms with van der Waals surface area (Å²) in [5, 5.41) is 9.27. The van der Waals surface area contributed by atoms with Gasteiger partial charge in [0.15, 0.2) is 0 Å². The molecule has 0 radical (unpaired) electrons. The first-order valence-corrected chi connectivity index (χ1v) is 8.92. The highest BCUT2D eigenvalue weighted by molar-refractivity contribution is 5.99. The lowest BCUT2D eigenvalue weighted by atomic mass is 10.0. The average Bonchev–Trinajstić information content (AvgIpc) is 2.69. The fourth-order valence-electron chi connectivity index (χ4n) is 3.40. The number of anilines is 1. The quantitative estimate of drug-likeness (QED) is 0.815. The second-order valence-electron chi connectivity index (χ2n) is 6.85. The third-order valence-electron chi connectivity index (χ3n) is 4.78. The summed E-state index contributed by atoms with van der Waals surface area (Å²) < 4.78 is 13.2. The van der Waals surface area contributed by atoms with Crippen molar-refractivity contribution in [2.45, 2.75) is 6.04 Å². The van der Waals surface area contributed by atoms with Gasteiger partial charge in [0.05, 0.1) is 11.3 Å². The Morgan fingerprint density at radius 3 is 2.43 bits per heavy atom. The maximum atomic E-state index is 13.2. The molecule has 0 spiro atoms. The topological polar surface area (TPSA) is 67.7 Å². The van der Waals surface area contributed by atoms with E-state index in [1.165, 1.54) is 17.0 Å². The van der Waals surface area contributed by atoms with Crippen molar-refractivity contribution in [3.05, 3.63) is 65.5 Å². The third-order valence-corrected chi connectivity index (χ3v) is 4.78. The largest absolute Gasteiger partial charge is 0.330 e. The molecule has 1 aliphatic heterocycles. The molecule has 6 nitrogen and oxygen atoms in total. The Balaban J connectivity index is 1.78. The molecule has 1 saturated heterocycles. The van der Waals surface area contributed by atoms with Crippen molar-refractivity contribution in [1.29, 1.82) is 5.26 Å². The van der Waals surface area contributed by atoms with E-state index < -0.39 is 6.04 Å². The zero-order valence-corrected chi connectivity index (χ0v) is 15.8. The van der Waals surface area contributed by atoms with Crippen LogP contribution in [0.2, 0.25) is 0 Å². The number of rotatable bonds is 4. The second-order valence-corrected chi connectivity index (χ2v) is 6.85. The summed E-state index contributed by atoms with van der Waals surface area (Å²) in [6.45, 7) is 0.604. The lowest BCUT2D eigenvalue weighted by molar-refractivity contribution is -0.141. The van der Waals surface area contributed by atoms with Crippen LogP contribution in [0.15, 0.2) is 48.5 Å². The predicted octanol–water partition coefficient (Wildman–Crippen LogP) is 2.18. The molecule has 1 fully saturated rings. The van der Waals surface area contributed by atoms with Crippen molar-refractivity contribution in [3.63, 3.8) is 0 Å². The van der Waals surface area contributed by atoms with Gasteiger partial charge >= 0.3 is 0 Å². The van der Waals surface area contributed by atoms with Gasteiger partial charge in [-0.15, -0.1) is 0 Å². The number of piperazine rings is 1. The molecule has 144 valence electrons. The third kappa shape index (κ3) is 3.87. The maximum absolute atomic E-state index is 13.2. The van der Waals surface area contributed by atoms with Crippen LogP contribution in [0.25, 0.3) is 0 Å². The number of carbonyl (C=O) groups is 2. The van der Waals surface area contributed by atoms with Crippen molar-refractivity contribution in [2.24, 2.45) is 0 Å². The van der Waals surface area contributed by atoms with E-state index in [4.69, 9.17) is 0 Å². The van der Waals surface area contributed by atoms with Crippen molar-refractivity contribution >= 4 is 17.5 Å². The second kappa shape index (κ2) is 8.19. The van der Waals surface area contributed by atoms with Gasteiger partial charge in [-0.1, -0.05) is 24.3 Å². The summed E-state index contributed by atoms with van der Waals surface area (Å²) in [7, 11) is 3.54. The van der Waals surface area contributed by atoms with Gasteiger partial charge in [0.1, 0.15) is 24.5 Å². The normalized spacial score (nSPS) is 15.5. The first-order chi connectivity index (χ1) is 13.4. The van der Waals surface area contributed by atoms with Crippen molar-refractivity contribution < 1.29 is 14.0 Å². The molecular formula is C21H21FN4O2. The summed E-state index contributed by atoms with van der Waals surface area (Å²) in [6.07, 6.45) is 0. The number of nitriles is 1. The lowest BCUT2D eigenvalue weighted by Gasteiger charge is -2.37. The van der Waals surface area contributed by atoms with E-state index in [0.717, 1.165) is 0 Å². The molecule has 28 heavy (non-hydrogen) atoms. The highest BCUT2D eigenvalue weighted by Crippen LogP contribution is 2.25. The van der Waals surface area contributed by atoms with E-state index in [0.29, 0.717) is 29.9 Å². The SMILES string of the molecule is CN(C)[C@@H](C(=O)N1CCN(c2ccccc2C#N)C(=O)C1)c1ccc(F)cc1. The number of carbonyl (C=O) groups excluding carboxylic acids is 2. The molecule has 2 amide bonds. The Morgan fingerprint density at radius 1 is 1.14 bits per heavy atom. The molecule has 3 rings (SSSR count). The molecule has 1 heterocycles. The van der Waals surface area contributed by atoms with Gasteiger partial charge in [-0.3, -0.25) is 14.5 Å². The Morgan fingerprint density at radius 2 is 1.82 bits per heavy atom. The number of para-hydroxylation sites is 1. The molecule has 0 aliphatic carbocycles. The fraction of sp³-hybridized carbons (Fsp3) is 0.286. The molecule has 0 aromatic heterocycles. The molecule has 1 aliphatic rings. The van der Waals surface area contributed by atoms with Crippen LogP contribution in [0.5, 0.6) is 0 Å². The van der Waals surface area contributed by atoms with Gasteiger partial charge in [-0.05, 0) is 43.9 Å². The summed E-state index contributed by atoms with van der Waals surface area (Å²) >= 11 is 0. The average molecular weight is 380 g/mol. The molecule has 0 bridgehead atoms. The van der Waals surface area contributed by atoms with Crippen molar-refractivity contribution in [3.8, 4) is 6.07 Å². The minimum absolute atomic E-state index is 0.0653. The van der Waals surface area contributed by atoms with E-state index in [-0.39, 0.29) is 24.2 Å². The Labute approximate surface area is 163 Å². The zero-order chi connectivity index (χ0) is 20.3. The molecule has 0 saturated carbocycles. The first-order valence-electron chi connectivity index (χ1n) is 8.92. The van der Waals surface area contributed by atoms with E-state index in [2.05, 4.69) is 6.07 Å². The Kier molecular flexibility index (Phi) is 5.71. The maximum Gasteiger partial charge on any atom is 0.246 e. The molecule has 2 aromatic rings. The standard InChI is InChI=1S/C21H21FN4O2/c1-24(2)20(15-7-9-17(22)10-8-15)21(28)25-11-12-26(19(27)14-25)18-6-4-3-5-16(18)13-23/h3-10,20H,11-12,14H2,1-2H3/t20-/m1/s1. The van der Waals surface area contributed by atoms with Gasteiger partial charge in [0.25, 0.3) is 0 Å². The fourth-order valence-corrected chi connectivity index (χ4v) is 3.40. The molecule has 0 unspecified atom stereocenters. The lowest BCUT2D eigenvalue weighted by Crippen LogP contribution is -2.54. The first kappa shape index (κ1) is 19.5. The van der Waals surface area contributed by atoms with Crippen LogP contribution in [-0.4, -0.2) is 55.3 Å². The zero-order valence-electron chi connectivity index (χ0n) is 15.8. The van der Waals surface area contributed by atoms with Crippen LogP contribution >= 0.6 is 0 Å². The molecule has 0 N–H and O–H groups in total. The number of amides is 2. The number of hydrogen-bond donors (Lipinski definition) is 0. The number of nitrogens with zero attached hydrogens (tertiary/aromatic N) is 4. The van der Waals surface area contributed by atoms with Crippen LogP contribution in [0.1, 0.15) is 17.2 Å². The highest BCUT2D eigenvalue weighted by atomic mass is 19.1. The number of benzene rings is 2. The Hall–Kier alpha value is -3.24. The minimum Gasteiger partial charge on any atom is -0.330 e. The van der Waals surface area contributed by atoms with Gasteiger partial charge in [0, 0.05) is 13.1 Å². The van der Waals surface area contributed by atoms with Crippen molar-refractivity contribution in [2.75, 3.05) is 38.6 Å². The highest BCUT2D eigenvalue weighted by Gasteiger charge is 2.34. The summed E-state index contributed by atoms with van der Waals surface area (Å²) in [5.41, 5.74) is 1.65. The summed E-state index contributed by atoms with van der Waals surface area (Å²) in [4.78, 5) is 30.6. The van der Waals surface area contributed by atoms with Crippen LogP contribution in [-0.2, 0) is 9.59 Å².